The third-order valence-electron chi connectivity index (χ3n) is 6.92. The van der Waals surface area contributed by atoms with Crippen LogP contribution in [0.3, 0.4) is 0 Å². The lowest BCUT2D eigenvalue weighted by atomic mass is 9.94. The molecule has 0 spiro atoms. The number of para-hydroxylation sites is 1. The number of nitrogens with two attached hydrogens (primary N) is 1. The lowest BCUT2D eigenvalue weighted by Gasteiger charge is -2.37. The third kappa shape index (κ3) is 6.30. The molecule has 0 atom stereocenters. The van der Waals surface area contributed by atoms with Crippen molar-refractivity contribution in [2.75, 3.05) is 18.0 Å². The summed E-state index contributed by atoms with van der Waals surface area (Å²) in [7, 11) is 1.93. The number of amidine groups is 1. The van der Waals surface area contributed by atoms with Gasteiger partial charge in [0.1, 0.15) is 17.7 Å². The SMILES string of the molecule is C=C(N)/N=C(C)\C(C#N)=C(/C)N(CCC)CC1=Nc2cccc(-c3cnn(C)c3)c2/C(=C\CC)N1c1ccccc1. The molecular formula is C33H38N8. The van der Waals surface area contributed by atoms with Gasteiger partial charge in [0.25, 0.3) is 0 Å². The van der Waals surface area contributed by atoms with Gasteiger partial charge in [0.05, 0.1) is 35.4 Å². The van der Waals surface area contributed by atoms with Crippen LogP contribution in [0.15, 0.2) is 101 Å². The van der Waals surface area contributed by atoms with Crippen LogP contribution < -0.4 is 10.6 Å². The van der Waals surface area contributed by atoms with E-state index in [9.17, 15) is 5.26 Å². The minimum atomic E-state index is 0.173. The zero-order chi connectivity index (χ0) is 29.5. The monoisotopic (exact) mass is 546 g/mol. The molecule has 210 valence electrons. The van der Waals surface area contributed by atoms with Crippen molar-refractivity contribution in [1.82, 2.24) is 14.7 Å². The van der Waals surface area contributed by atoms with Gasteiger partial charge in [0.2, 0.25) is 0 Å². The van der Waals surface area contributed by atoms with E-state index in [1.54, 1.807) is 6.92 Å². The number of hydrogen-bond donors (Lipinski definition) is 1. The molecule has 1 aromatic heterocycles. The number of anilines is 1. The predicted octanol–water partition coefficient (Wildman–Crippen LogP) is 6.79. The molecule has 0 amide bonds. The fourth-order valence-electron chi connectivity index (χ4n) is 5.16. The van der Waals surface area contributed by atoms with E-state index < -0.39 is 0 Å². The molecule has 0 bridgehead atoms. The van der Waals surface area contributed by atoms with E-state index >= 15 is 0 Å². The molecule has 0 saturated heterocycles. The number of rotatable bonds is 10. The molecule has 0 unspecified atom stereocenters. The highest BCUT2D eigenvalue weighted by atomic mass is 15.3. The third-order valence-corrected chi connectivity index (χ3v) is 6.92. The average Bonchev–Trinajstić information content (AvgIpc) is 3.39. The highest BCUT2D eigenvalue weighted by molar-refractivity contribution is 6.16. The number of nitrogens with zero attached hydrogens (tertiary/aromatic N) is 7. The minimum Gasteiger partial charge on any atom is -0.384 e. The first-order valence-electron chi connectivity index (χ1n) is 13.9. The van der Waals surface area contributed by atoms with E-state index in [2.05, 4.69) is 76.7 Å². The second-order valence-corrected chi connectivity index (χ2v) is 9.98. The van der Waals surface area contributed by atoms with Gasteiger partial charge in [0.15, 0.2) is 0 Å². The van der Waals surface area contributed by atoms with Crippen molar-refractivity contribution < 1.29 is 0 Å². The summed E-state index contributed by atoms with van der Waals surface area (Å²) in [5, 5.41) is 14.5. The van der Waals surface area contributed by atoms with E-state index in [-0.39, 0.29) is 5.82 Å². The van der Waals surface area contributed by atoms with Crippen LogP contribution >= 0.6 is 0 Å². The molecule has 2 N–H and O–H groups in total. The topological polar surface area (TPSA) is 98.8 Å². The number of aryl methyl sites for hydroxylation is 1. The van der Waals surface area contributed by atoms with Gasteiger partial charge >= 0.3 is 0 Å². The summed E-state index contributed by atoms with van der Waals surface area (Å²) in [6.45, 7) is 12.9. The lowest BCUT2D eigenvalue weighted by molar-refractivity contribution is 0.388. The van der Waals surface area contributed by atoms with Gasteiger partial charge in [0, 0.05) is 42.3 Å². The summed E-state index contributed by atoms with van der Waals surface area (Å²) in [4.78, 5) is 14.0. The van der Waals surface area contributed by atoms with Gasteiger partial charge in [-0.25, -0.2) is 9.98 Å². The van der Waals surface area contributed by atoms with E-state index in [0.29, 0.717) is 17.8 Å². The zero-order valence-electron chi connectivity index (χ0n) is 24.6. The Morgan fingerprint density at radius 1 is 1.15 bits per heavy atom. The Kier molecular flexibility index (Phi) is 9.20. The number of aromatic nitrogens is 2. The Labute approximate surface area is 243 Å². The van der Waals surface area contributed by atoms with Crippen LogP contribution in [0.4, 0.5) is 11.4 Å². The Bertz CT molecular complexity index is 1580. The molecule has 8 heteroatoms. The smallest absolute Gasteiger partial charge is 0.133 e. The molecule has 0 aliphatic carbocycles. The summed E-state index contributed by atoms with van der Waals surface area (Å²) >= 11 is 0. The van der Waals surface area contributed by atoms with Crippen LogP contribution in [0.2, 0.25) is 0 Å². The molecule has 2 aromatic carbocycles. The molecule has 0 fully saturated rings. The maximum absolute atomic E-state index is 10.1. The normalized spacial score (nSPS) is 14.7. The van der Waals surface area contributed by atoms with Gasteiger partial charge in [-0.05, 0) is 50.5 Å². The summed E-state index contributed by atoms with van der Waals surface area (Å²) in [5.74, 6) is 1.04. The Morgan fingerprint density at radius 2 is 1.90 bits per heavy atom. The Hall–Kier alpha value is -4.90. The first kappa shape index (κ1) is 29.1. The number of nitriles is 1. The summed E-state index contributed by atoms with van der Waals surface area (Å²) < 4.78 is 1.82. The van der Waals surface area contributed by atoms with Crippen molar-refractivity contribution in [2.24, 2.45) is 22.8 Å². The standard InChI is InChI=1S/C33H38N8/c1-7-13-31-33-28(26-20-36-39(6)21-26)16-12-17-30(33)38-32(41(31)27-14-10-9-11-15-27)22-40(18-8-2)24(4)29(19-34)23(3)37-25(5)35/h9-17,20-21H,5,7-8,18,22,35H2,1-4,6H3/b29-24+,31-13+,37-23-. The first-order chi connectivity index (χ1) is 19.8. The second kappa shape index (κ2) is 13.0. The van der Waals surface area contributed by atoms with Crippen molar-refractivity contribution in [2.45, 2.75) is 40.5 Å². The van der Waals surface area contributed by atoms with Gasteiger partial charge < -0.3 is 10.6 Å². The fraction of sp³-hybridized carbons (Fsp3) is 0.273. The van der Waals surface area contributed by atoms with Crippen LogP contribution in [0.5, 0.6) is 0 Å². The number of hydrogen-bond acceptors (Lipinski definition) is 7. The van der Waals surface area contributed by atoms with Gasteiger partial charge in [-0.3, -0.25) is 9.58 Å². The van der Waals surface area contributed by atoms with Crippen molar-refractivity contribution in [3.8, 4) is 17.2 Å². The van der Waals surface area contributed by atoms with Crippen LogP contribution in [-0.2, 0) is 7.05 Å². The van der Waals surface area contributed by atoms with Crippen LogP contribution in [0.1, 0.15) is 46.1 Å². The molecule has 8 nitrogen and oxygen atoms in total. The first-order valence-corrected chi connectivity index (χ1v) is 13.9. The Balaban J connectivity index is 1.93. The summed E-state index contributed by atoms with van der Waals surface area (Å²) in [6, 6.07) is 18.9. The van der Waals surface area contributed by atoms with E-state index in [1.807, 2.05) is 55.3 Å². The van der Waals surface area contributed by atoms with Crippen molar-refractivity contribution in [3.63, 3.8) is 0 Å². The van der Waals surface area contributed by atoms with E-state index in [1.165, 1.54) is 0 Å². The van der Waals surface area contributed by atoms with E-state index in [4.69, 9.17) is 10.7 Å². The predicted molar refractivity (Wildman–Crippen MR) is 170 cm³/mol. The van der Waals surface area contributed by atoms with Gasteiger partial charge in [-0.15, -0.1) is 0 Å². The second-order valence-electron chi connectivity index (χ2n) is 9.98. The molecular weight excluding hydrogens is 508 g/mol. The molecule has 2 heterocycles. The lowest BCUT2D eigenvalue weighted by Crippen LogP contribution is -2.41. The van der Waals surface area contributed by atoms with Crippen molar-refractivity contribution in [1.29, 1.82) is 5.26 Å². The van der Waals surface area contributed by atoms with Gasteiger partial charge in [-0.2, -0.15) is 10.4 Å². The number of fused-ring (bicyclic) bond motifs is 1. The molecule has 0 radical (unpaired) electrons. The fourth-order valence-corrected chi connectivity index (χ4v) is 5.16. The molecule has 3 aromatic rings. The molecule has 1 aliphatic rings. The van der Waals surface area contributed by atoms with Crippen molar-refractivity contribution in [3.05, 3.63) is 96.2 Å². The van der Waals surface area contributed by atoms with Crippen LogP contribution in [0, 0.1) is 11.3 Å². The number of allylic oxidation sites excluding steroid dienone is 3. The highest BCUT2D eigenvalue weighted by Gasteiger charge is 2.30. The zero-order valence-corrected chi connectivity index (χ0v) is 24.6. The maximum atomic E-state index is 10.1. The van der Waals surface area contributed by atoms with Gasteiger partial charge in [-0.1, -0.05) is 56.8 Å². The maximum Gasteiger partial charge on any atom is 0.133 e. The van der Waals surface area contributed by atoms with E-state index in [0.717, 1.165) is 64.7 Å². The molecule has 1 aliphatic heterocycles. The molecule has 0 saturated carbocycles. The largest absolute Gasteiger partial charge is 0.384 e. The summed E-state index contributed by atoms with van der Waals surface area (Å²) in [5.41, 5.74) is 13.8. The summed E-state index contributed by atoms with van der Waals surface area (Å²) in [6.07, 6.45) is 7.93. The van der Waals surface area contributed by atoms with Crippen LogP contribution in [0.25, 0.3) is 16.8 Å². The quantitative estimate of drug-likeness (QED) is 0.223. The molecule has 41 heavy (non-hydrogen) atoms. The van der Waals surface area contributed by atoms with Crippen LogP contribution in [-0.4, -0.2) is 39.3 Å². The highest BCUT2D eigenvalue weighted by Crippen LogP contribution is 2.43. The van der Waals surface area contributed by atoms with Crippen molar-refractivity contribution >= 4 is 28.6 Å². The molecule has 4 rings (SSSR count). The number of aliphatic imine (C=N–C) groups is 2. The average molecular weight is 547 g/mol. The number of benzene rings is 2. The Morgan fingerprint density at radius 3 is 2.51 bits per heavy atom. The minimum absolute atomic E-state index is 0.173.